The summed E-state index contributed by atoms with van der Waals surface area (Å²) in [6.45, 7) is 1.59. The van der Waals surface area contributed by atoms with Gasteiger partial charge in [0.05, 0.1) is 11.5 Å². The van der Waals surface area contributed by atoms with Gasteiger partial charge in [0.1, 0.15) is 12.4 Å². The predicted octanol–water partition coefficient (Wildman–Crippen LogP) is 2.48. The molecule has 1 N–H and O–H groups in total. The van der Waals surface area contributed by atoms with Crippen molar-refractivity contribution in [1.29, 1.82) is 0 Å². The SMILES string of the molecule is COCCOc1ccc(S(=O)(=O)N2CCC(C(=O)Nc3ccc4c(c3)OCO4)CC2)cc1. The molecule has 0 unspecified atom stereocenters. The summed E-state index contributed by atoms with van der Waals surface area (Å²) in [5.41, 5.74) is 0.627. The van der Waals surface area contributed by atoms with E-state index in [1.807, 2.05) is 0 Å². The number of anilines is 1. The van der Waals surface area contributed by atoms with Gasteiger partial charge in [-0.1, -0.05) is 0 Å². The zero-order valence-corrected chi connectivity index (χ0v) is 18.6. The largest absolute Gasteiger partial charge is 0.491 e. The van der Waals surface area contributed by atoms with Crippen LogP contribution in [0, 0.1) is 5.92 Å². The van der Waals surface area contributed by atoms with Crippen LogP contribution in [0.25, 0.3) is 0 Å². The Balaban J connectivity index is 1.31. The van der Waals surface area contributed by atoms with Crippen molar-refractivity contribution in [3.8, 4) is 17.2 Å². The Bertz CT molecular complexity index is 1050. The first kappa shape index (κ1) is 22.4. The number of fused-ring (bicyclic) bond motifs is 1. The number of nitrogens with zero attached hydrogens (tertiary/aromatic N) is 1. The van der Waals surface area contributed by atoms with Crippen molar-refractivity contribution in [1.82, 2.24) is 4.31 Å². The molecule has 0 aliphatic carbocycles. The van der Waals surface area contributed by atoms with Gasteiger partial charge >= 0.3 is 0 Å². The fourth-order valence-electron chi connectivity index (χ4n) is 3.68. The Morgan fingerprint density at radius 2 is 1.78 bits per heavy atom. The summed E-state index contributed by atoms with van der Waals surface area (Å²) in [6.07, 6.45) is 0.904. The van der Waals surface area contributed by atoms with E-state index in [0.29, 0.717) is 49.0 Å². The third-order valence-corrected chi connectivity index (χ3v) is 7.40. The van der Waals surface area contributed by atoms with E-state index >= 15 is 0 Å². The summed E-state index contributed by atoms with van der Waals surface area (Å²) in [6, 6.07) is 11.6. The van der Waals surface area contributed by atoms with Gasteiger partial charge in [0, 0.05) is 37.9 Å². The first-order chi connectivity index (χ1) is 15.5. The number of hydrogen-bond acceptors (Lipinski definition) is 7. The van der Waals surface area contributed by atoms with Crippen LogP contribution >= 0.6 is 0 Å². The van der Waals surface area contributed by atoms with Crippen LogP contribution in [0.1, 0.15) is 12.8 Å². The number of hydrogen-bond donors (Lipinski definition) is 1. The van der Waals surface area contributed by atoms with Crippen LogP contribution in [0.3, 0.4) is 0 Å². The summed E-state index contributed by atoms with van der Waals surface area (Å²) < 4.78 is 48.4. The van der Waals surface area contributed by atoms with Crippen molar-refractivity contribution in [2.75, 3.05) is 45.5 Å². The molecule has 2 aliphatic rings. The minimum absolute atomic E-state index is 0.126. The lowest BCUT2D eigenvalue weighted by Gasteiger charge is -2.30. The molecule has 0 bridgehead atoms. The molecule has 0 atom stereocenters. The molecule has 1 amide bonds. The highest BCUT2D eigenvalue weighted by molar-refractivity contribution is 7.89. The first-order valence-electron chi connectivity index (χ1n) is 10.4. The van der Waals surface area contributed by atoms with Crippen LogP contribution < -0.4 is 19.5 Å². The van der Waals surface area contributed by atoms with E-state index in [-0.39, 0.29) is 36.6 Å². The Morgan fingerprint density at radius 3 is 2.50 bits per heavy atom. The highest BCUT2D eigenvalue weighted by atomic mass is 32.2. The van der Waals surface area contributed by atoms with Gasteiger partial charge in [-0.3, -0.25) is 4.79 Å². The highest BCUT2D eigenvalue weighted by Gasteiger charge is 2.32. The number of rotatable bonds is 8. The first-order valence-corrected chi connectivity index (χ1v) is 11.8. The molecule has 0 saturated carbocycles. The maximum absolute atomic E-state index is 13.0. The maximum Gasteiger partial charge on any atom is 0.243 e. The number of methoxy groups -OCH3 is 1. The molecule has 172 valence electrons. The average Bonchev–Trinajstić information content (AvgIpc) is 3.28. The summed E-state index contributed by atoms with van der Waals surface area (Å²) in [4.78, 5) is 12.9. The van der Waals surface area contributed by atoms with E-state index in [1.54, 1.807) is 37.4 Å². The van der Waals surface area contributed by atoms with Gasteiger partial charge in [-0.25, -0.2) is 8.42 Å². The van der Waals surface area contributed by atoms with Crippen LogP contribution in [0.15, 0.2) is 47.4 Å². The van der Waals surface area contributed by atoms with E-state index in [4.69, 9.17) is 18.9 Å². The number of sulfonamides is 1. The van der Waals surface area contributed by atoms with Crippen molar-refractivity contribution < 1.29 is 32.2 Å². The number of piperidine rings is 1. The van der Waals surface area contributed by atoms with E-state index in [9.17, 15) is 13.2 Å². The quantitative estimate of drug-likeness (QED) is 0.601. The van der Waals surface area contributed by atoms with Crippen LogP contribution in [-0.2, 0) is 19.6 Å². The van der Waals surface area contributed by atoms with E-state index in [0.717, 1.165) is 0 Å². The number of nitrogens with one attached hydrogen (secondary N) is 1. The molecule has 4 rings (SSSR count). The number of amides is 1. The third-order valence-electron chi connectivity index (χ3n) is 5.48. The standard InChI is InChI=1S/C22H26N2O7S/c1-28-12-13-29-18-3-5-19(6-4-18)32(26,27)24-10-8-16(9-11-24)22(25)23-17-2-7-20-21(14-17)31-15-30-20/h2-7,14,16H,8-13,15H2,1H3,(H,23,25). The maximum atomic E-state index is 13.0. The van der Waals surface area contributed by atoms with Gasteiger partial charge in [-0.2, -0.15) is 4.31 Å². The smallest absolute Gasteiger partial charge is 0.243 e. The normalized spacial score (nSPS) is 16.7. The summed E-state index contributed by atoms with van der Waals surface area (Å²) >= 11 is 0. The monoisotopic (exact) mass is 462 g/mol. The van der Waals surface area contributed by atoms with E-state index in [2.05, 4.69) is 5.32 Å². The molecule has 1 fully saturated rings. The van der Waals surface area contributed by atoms with Gasteiger partial charge in [-0.05, 0) is 49.2 Å². The molecule has 2 aromatic carbocycles. The fourth-order valence-corrected chi connectivity index (χ4v) is 5.15. The number of benzene rings is 2. The molecule has 2 heterocycles. The molecule has 2 aromatic rings. The highest BCUT2D eigenvalue weighted by Crippen LogP contribution is 2.34. The number of carbonyl (C=O) groups excluding carboxylic acids is 1. The number of ether oxygens (including phenoxy) is 4. The molecule has 1 saturated heterocycles. The minimum Gasteiger partial charge on any atom is -0.491 e. The lowest BCUT2D eigenvalue weighted by atomic mass is 9.97. The Hall–Kier alpha value is -2.82. The van der Waals surface area contributed by atoms with Gasteiger partial charge in [0.2, 0.25) is 22.7 Å². The number of carbonyl (C=O) groups is 1. The second kappa shape index (κ2) is 9.76. The fraction of sp³-hybridized carbons (Fsp3) is 0.409. The van der Waals surface area contributed by atoms with Crippen LogP contribution in [0.4, 0.5) is 5.69 Å². The Morgan fingerprint density at radius 1 is 1.06 bits per heavy atom. The zero-order chi connectivity index (χ0) is 22.6. The molecular formula is C22H26N2O7S. The van der Waals surface area contributed by atoms with Gasteiger partial charge in [0.15, 0.2) is 11.5 Å². The summed E-state index contributed by atoms with van der Waals surface area (Å²) in [5, 5.41) is 2.89. The van der Waals surface area contributed by atoms with Crippen molar-refractivity contribution in [2.24, 2.45) is 5.92 Å². The minimum atomic E-state index is -3.63. The van der Waals surface area contributed by atoms with Crippen molar-refractivity contribution in [3.63, 3.8) is 0 Å². The molecule has 9 nitrogen and oxygen atoms in total. The average molecular weight is 463 g/mol. The van der Waals surface area contributed by atoms with Crippen molar-refractivity contribution >= 4 is 21.6 Å². The molecule has 0 aromatic heterocycles. The lowest BCUT2D eigenvalue weighted by molar-refractivity contribution is -0.120. The van der Waals surface area contributed by atoms with Gasteiger partial charge in [0.25, 0.3) is 0 Å². The second-order valence-electron chi connectivity index (χ2n) is 7.55. The predicted molar refractivity (Wildman–Crippen MR) is 116 cm³/mol. The molecule has 2 aliphatic heterocycles. The van der Waals surface area contributed by atoms with Crippen LogP contribution in [-0.4, -0.2) is 58.8 Å². The summed E-state index contributed by atoms with van der Waals surface area (Å²) in [5.74, 6) is 1.44. The van der Waals surface area contributed by atoms with Crippen molar-refractivity contribution in [2.45, 2.75) is 17.7 Å². The van der Waals surface area contributed by atoms with E-state index < -0.39 is 10.0 Å². The third kappa shape index (κ3) is 4.98. The Kier molecular flexibility index (Phi) is 6.83. The summed E-state index contributed by atoms with van der Waals surface area (Å²) in [7, 11) is -2.04. The van der Waals surface area contributed by atoms with Crippen LogP contribution in [0.2, 0.25) is 0 Å². The molecule has 10 heteroatoms. The lowest BCUT2D eigenvalue weighted by Crippen LogP contribution is -2.41. The van der Waals surface area contributed by atoms with Crippen LogP contribution in [0.5, 0.6) is 17.2 Å². The molecule has 32 heavy (non-hydrogen) atoms. The molecule has 0 radical (unpaired) electrons. The zero-order valence-electron chi connectivity index (χ0n) is 17.8. The second-order valence-corrected chi connectivity index (χ2v) is 9.49. The molecule has 0 spiro atoms. The topological polar surface area (TPSA) is 103 Å². The Labute approximate surface area is 187 Å². The van der Waals surface area contributed by atoms with E-state index in [1.165, 1.54) is 16.4 Å². The van der Waals surface area contributed by atoms with Gasteiger partial charge in [-0.15, -0.1) is 0 Å². The van der Waals surface area contributed by atoms with Gasteiger partial charge < -0.3 is 24.3 Å². The molecular weight excluding hydrogens is 436 g/mol. The van der Waals surface area contributed by atoms with Crippen molar-refractivity contribution in [3.05, 3.63) is 42.5 Å².